The lowest BCUT2D eigenvalue weighted by molar-refractivity contribution is 0.304. The van der Waals surface area contributed by atoms with Crippen LogP contribution in [0.4, 0.5) is 0 Å². The van der Waals surface area contributed by atoms with Gasteiger partial charge in [0.25, 0.3) is 0 Å². The molecule has 0 bridgehead atoms. The minimum atomic E-state index is 0.819. The van der Waals surface area contributed by atoms with Crippen molar-refractivity contribution in [1.82, 2.24) is 5.32 Å². The summed E-state index contributed by atoms with van der Waals surface area (Å²) in [6, 6.07) is 13.0. The van der Waals surface area contributed by atoms with Crippen molar-refractivity contribution in [1.29, 1.82) is 0 Å². The zero-order chi connectivity index (χ0) is 19.5. The predicted octanol–water partition coefficient (Wildman–Crippen LogP) is 6.61. The zero-order valence-electron chi connectivity index (χ0n) is 17.7. The average Bonchev–Trinajstić information content (AvgIpc) is 2.64. The second-order valence-corrected chi connectivity index (χ2v) is 7.57. The van der Waals surface area contributed by atoms with Crippen LogP contribution in [0.25, 0.3) is 11.1 Å². The molecule has 148 valence electrons. The standard InChI is InChI=1S/C25H37NO/c1-5-26-17-10-8-6-7-9-11-18-27-23-15-16-24(22(4)19-23)25-20(2)13-12-14-21(25)3/h12-16,19,26H,5-11,17-18H2,1-4H3. The Hall–Kier alpha value is -1.80. The lowest BCUT2D eigenvalue weighted by atomic mass is 9.93. The summed E-state index contributed by atoms with van der Waals surface area (Å²) in [5, 5.41) is 3.38. The number of benzene rings is 2. The van der Waals surface area contributed by atoms with Crippen molar-refractivity contribution in [2.75, 3.05) is 19.7 Å². The SMILES string of the molecule is CCNCCCCCCCCOc1ccc(-c2c(C)cccc2C)c(C)c1. The summed E-state index contributed by atoms with van der Waals surface area (Å²) in [7, 11) is 0. The van der Waals surface area contributed by atoms with Crippen LogP contribution >= 0.6 is 0 Å². The molecule has 0 radical (unpaired) electrons. The van der Waals surface area contributed by atoms with E-state index < -0.39 is 0 Å². The van der Waals surface area contributed by atoms with Gasteiger partial charge < -0.3 is 10.1 Å². The summed E-state index contributed by atoms with van der Waals surface area (Å²) in [4.78, 5) is 0. The third-order valence-electron chi connectivity index (χ3n) is 5.21. The van der Waals surface area contributed by atoms with E-state index in [1.54, 1.807) is 0 Å². The summed E-state index contributed by atoms with van der Waals surface area (Å²) in [5.74, 6) is 0.994. The first-order chi connectivity index (χ1) is 13.1. The number of unbranched alkanes of at least 4 members (excludes halogenated alkanes) is 5. The maximum Gasteiger partial charge on any atom is 0.119 e. The van der Waals surface area contributed by atoms with Gasteiger partial charge >= 0.3 is 0 Å². The van der Waals surface area contributed by atoms with Crippen LogP contribution in [-0.2, 0) is 0 Å². The van der Waals surface area contributed by atoms with Gasteiger partial charge in [0.2, 0.25) is 0 Å². The molecule has 0 heterocycles. The van der Waals surface area contributed by atoms with E-state index in [0.29, 0.717) is 0 Å². The number of hydrogen-bond donors (Lipinski definition) is 1. The highest BCUT2D eigenvalue weighted by Crippen LogP contribution is 2.31. The Kier molecular flexibility index (Phi) is 9.41. The first-order valence-corrected chi connectivity index (χ1v) is 10.6. The highest BCUT2D eigenvalue weighted by Gasteiger charge is 2.09. The highest BCUT2D eigenvalue weighted by atomic mass is 16.5. The fourth-order valence-corrected chi connectivity index (χ4v) is 3.67. The van der Waals surface area contributed by atoms with Crippen LogP contribution in [0.1, 0.15) is 62.1 Å². The third-order valence-corrected chi connectivity index (χ3v) is 5.21. The molecule has 0 saturated carbocycles. The van der Waals surface area contributed by atoms with Crippen molar-refractivity contribution in [3.05, 3.63) is 53.1 Å². The molecule has 1 N–H and O–H groups in total. The van der Waals surface area contributed by atoms with Crippen LogP contribution < -0.4 is 10.1 Å². The van der Waals surface area contributed by atoms with Gasteiger partial charge in [0.15, 0.2) is 0 Å². The van der Waals surface area contributed by atoms with Gasteiger partial charge in [-0.25, -0.2) is 0 Å². The normalized spacial score (nSPS) is 11.0. The van der Waals surface area contributed by atoms with Crippen LogP contribution in [0.3, 0.4) is 0 Å². The second-order valence-electron chi connectivity index (χ2n) is 7.57. The Morgan fingerprint density at radius 1 is 0.778 bits per heavy atom. The van der Waals surface area contributed by atoms with Gasteiger partial charge in [0, 0.05) is 0 Å². The molecular formula is C25H37NO. The quantitative estimate of drug-likeness (QED) is 0.426. The van der Waals surface area contributed by atoms with Gasteiger partial charge in [-0.2, -0.15) is 0 Å². The van der Waals surface area contributed by atoms with E-state index in [1.165, 1.54) is 59.9 Å². The number of rotatable bonds is 12. The lowest BCUT2D eigenvalue weighted by Gasteiger charge is -2.14. The number of ether oxygens (including phenoxy) is 1. The smallest absolute Gasteiger partial charge is 0.119 e. The van der Waals surface area contributed by atoms with E-state index >= 15 is 0 Å². The van der Waals surface area contributed by atoms with Crippen molar-refractivity contribution in [2.45, 2.75) is 66.2 Å². The fraction of sp³-hybridized carbons (Fsp3) is 0.520. The fourth-order valence-electron chi connectivity index (χ4n) is 3.67. The van der Waals surface area contributed by atoms with Crippen LogP contribution in [-0.4, -0.2) is 19.7 Å². The zero-order valence-corrected chi connectivity index (χ0v) is 17.7. The van der Waals surface area contributed by atoms with Crippen molar-refractivity contribution < 1.29 is 4.74 Å². The molecule has 2 aromatic carbocycles. The molecule has 0 saturated heterocycles. The Morgan fingerprint density at radius 3 is 2.11 bits per heavy atom. The van der Waals surface area contributed by atoms with Gasteiger partial charge in [-0.3, -0.25) is 0 Å². The third kappa shape index (κ3) is 7.03. The van der Waals surface area contributed by atoms with E-state index in [1.807, 2.05) is 0 Å². The maximum atomic E-state index is 5.99. The summed E-state index contributed by atoms with van der Waals surface area (Å²) in [6.07, 6.45) is 7.71. The lowest BCUT2D eigenvalue weighted by Crippen LogP contribution is -2.13. The molecule has 0 spiro atoms. The van der Waals surface area contributed by atoms with Crippen LogP contribution in [0, 0.1) is 20.8 Å². The van der Waals surface area contributed by atoms with E-state index in [-0.39, 0.29) is 0 Å². The summed E-state index contributed by atoms with van der Waals surface area (Å²) in [5.41, 5.74) is 6.62. The molecule has 0 aliphatic carbocycles. The summed E-state index contributed by atoms with van der Waals surface area (Å²) < 4.78 is 5.99. The number of nitrogens with one attached hydrogen (secondary N) is 1. The predicted molar refractivity (Wildman–Crippen MR) is 118 cm³/mol. The van der Waals surface area contributed by atoms with E-state index in [4.69, 9.17) is 4.74 Å². The topological polar surface area (TPSA) is 21.3 Å². The minimum absolute atomic E-state index is 0.819. The molecule has 0 amide bonds. The van der Waals surface area contributed by atoms with Crippen molar-refractivity contribution in [2.24, 2.45) is 0 Å². The highest BCUT2D eigenvalue weighted by molar-refractivity contribution is 5.74. The van der Waals surface area contributed by atoms with E-state index in [0.717, 1.165) is 31.9 Å². The molecule has 0 aromatic heterocycles. The van der Waals surface area contributed by atoms with Gasteiger partial charge in [-0.15, -0.1) is 0 Å². The molecule has 27 heavy (non-hydrogen) atoms. The first-order valence-electron chi connectivity index (χ1n) is 10.6. The van der Waals surface area contributed by atoms with Crippen molar-refractivity contribution in [3.63, 3.8) is 0 Å². The van der Waals surface area contributed by atoms with Crippen molar-refractivity contribution in [3.8, 4) is 16.9 Å². The number of hydrogen-bond acceptors (Lipinski definition) is 2. The molecule has 0 aliphatic rings. The molecule has 2 heteroatoms. The van der Waals surface area contributed by atoms with E-state index in [9.17, 15) is 0 Å². The molecule has 0 aliphatic heterocycles. The average molecular weight is 368 g/mol. The summed E-state index contributed by atoms with van der Waals surface area (Å²) in [6.45, 7) is 11.8. The molecule has 2 aromatic rings. The Bertz CT molecular complexity index is 672. The molecule has 2 nitrogen and oxygen atoms in total. The van der Waals surface area contributed by atoms with Crippen LogP contribution in [0.15, 0.2) is 36.4 Å². The second kappa shape index (κ2) is 11.8. The summed E-state index contributed by atoms with van der Waals surface area (Å²) >= 11 is 0. The van der Waals surface area contributed by atoms with Crippen LogP contribution in [0.5, 0.6) is 5.75 Å². The molecule has 0 fully saturated rings. The van der Waals surface area contributed by atoms with Gasteiger partial charge in [-0.1, -0.05) is 56.9 Å². The molecular weight excluding hydrogens is 330 g/mol. The molecule has 2 rings (SSSR count). The van der Waals surface area contributed by atoms with Crippen LogP contribution in [0.2, 0.25) is 0 Å². The van der Waals surface area contributed by atoms with E-state index in [2.05, 4.69) is 69.4 Å². The largest absolute Gasteiger partial charge is 0.494 e. The molecule has 0 atom stereocenters. The molecule has 0 unspecified atom stereocenters. The first kappa shape index (κ1) is 21.5. The van der Waals surface area contributed by atoms with Gasteiger partial charge in [-0.05, 0) is 86.7 Å². The Morgan fingerprint density at radius 2 is 1.44 bits per heavy atom. The Balaban J connectivity index is 1.73. The maximum absolute atomic E-state index is 5.99. The Labute approximate surface area is 166 Å². The van der Waals surface area contributed by atoms with Gasteiger partial charge in [0.05, 0.1) is 6.61 Å². The minimum Gasteiger partial charge on any atom is -0.494 e. The number of aryl methyl sites for hydroxylation is 3. The van der Waals surface area contributed by atoms with Crippen molar-refractivity contribution >= 4 is 0 Å². The van der Waals surface area contributed by atoms with Gasteiger partial charge in [0.1, 0.15) is 5.75 Å². The monoisotopic (exact) mass is 367 g/mol.